The molecule has 1 aromatic heterocycles. The molecule has 0 unspecified atom stereocenters. The predicted molar refractivity (Wildman–Crippen MR) is 162 cm³/mol. The van der Waals surface area contributed by atoms with Gasteiger partial charge in [0.05, 0.1) is 40.3 Å². The Bertz CT molecular complexity index is 1390. The Morgan fingerprint density at radius 2 is 0.927 bits per heavy atom. The second-order valence-corrected chi connectivity index (χ2v) is 11.8. The fourth-order valence-electron chi connectivity index (χ4n) is 5.03. The molecular weight excluding hydrogens is 762 g/mol. The van der Waals surface area contributed by atoms with E-state index < -0.39 is 0 Å². The van der Waals surface area contributed by atoms with Crippen LogP contribution in [-0.4, -0.2) is 87.5 Å². The maximum atomic E-state index is 13.6. The van der Waals surface area contributed by atoms with E-state index in [9.17, 15) is 9.59 Å². The first-order valence-electron chi connectivity index (χ1n) is 14.1. The van der Waals surface area contributed by atoms with Gasteiger partial charge in [0.15, 0.2) is 0 Å². The molecule has 3 aromatic carbocycles. The van der Waals surface area contributed by atoms with Crippen LogP contribution in [0.4, 0.5) is 0 Å². The Morgan fingerprint density at radius 1 is 0.610 bits per heavy atom. The summed E-state index contributed by atoms with van der Waals surface area (Å²) in [5.74, 6) is -0.770. The second-order valence-electron chi connectivity index (χ2n) is 10.8. The maximum Gasteiger partial charge on any atom is 0.349 e. The van der Waals surface area contributed by atoms with Crippen LogP contribution in [0.5, 0.6) is 0 Å². The van der Waals surface area contributed by atoms with E-state index in [4.69, 9.17) is 9.47 Å². The Labute approximate surface area is 282 Å². The maximum absolute atomic E-state index is 13.6. The van der Waals surface area contributed by atoms with Gasteiger partial charge in [-0.3, -0.25) is 0 Å². The molecule has 1 heterocycles. The van der Waals surface area contributed by atoms with Gasteiger partial charge in [0.1, 0.15) is 36.1 Å². The van der Waals surface area contributed by atoms with E-state index >= 15 is 0 Å². The molecule has 0 radical (unpaired) electrons. The molecule has 0 saturated carbocycles. The molecule has 0 saturated heterocycles. The number of halogens is 2. The van der Waals surface area contributed by atoms with Gasteiger partial charge in [-0.05, 0) is 49.2 Å². The van der Waals surface area contributed by atoms with Crippen LogP contribution in [0, 0.1) is 0 Å². The Kier molecular flexibility index (Phi) is 13.3. The number of benzene rings is 3. The minimum atomic E-state index is -0.385. The van der Waals surface area contributed by atoms with Gasteiger partial charge in [0.25, 0.3) is 0 Å². The lowest BCUT2D eigenvalue weighted by atomic mass is 9.94. The molecule has 0 amide bonds. The van der Waals surface area contributed by atoms with Crippen LogP contribution in [0.1, 0.15) is 47.0 Å². The van der Waals surface area contributed by atoms with E-state index in [0.29, 0.717) is 23.0 Å². The monoisotopic (exact) mass is 804 g/mol. The molecule has 0 aliphatic rings. The molecule has 41 heavy (non-hydrogen) atoms. The van der Waals surface area contributed by atoms with E-state index in [0.717, 1.165) is 80.6 Å². The van der Waals surface area contributed by atoms with Gasteiger partial charge < -0.3 is 66.4 Å². The normalized spacial score (nSPS) is 11.8. The third-order valence-corrected chi connectivity index (χ3v) is 9.89. The Hall–Kier alpha value is -1.54. The largest absolute Gasteiger partial charge is 1.00 e. The number of quaternary nitrogens is 2. The molecule has 9 heteroatoms. The Balaban J connectivity index is 0.00000294. The molecule has 0 aliphatic heterocycles. The number of rotatable bonds is 12. The van der Waals surface area contributed by atoms with Gasteiger partial charge in [-0.15, -0.1) is 11.3 Å². The van der Waals surface area contributed by atoms with Gasteiger partial charge in [-0.25, -0.2) is 9.59 Å². The number of carbonyl (C=O) groups is 2. The van der Waals surface area contributed by atoms with Crippen molar-refractivity contribution < 1.29 is 76.0 Å². The fourth-order valence-corrected chi connectivity index (χ4v) is 6.15. The van der Waals surface area contributed by atoms with Crippen molar-refractivity contribution in [2.75, 3.05) is 66.6 Å². The first kappa shape index (κ1) is 35.7. The van der Waals surface area contributed by atoms with Crippen LogP contribution < -0.4 is 48.0 Å². The van der Waals surface area contributed by atoms with Crippen LogP contribution in [0.3, 0.4) is 0 Å². The van der Waals surface area contributed by atoms with Crippen molar-refractivity contribution in [2.45, 2.75) is 27.7 Å². The Morgan fingerprint density at radius 3 is 1.24 bits per heavy atom. The topological polar surface area (TPSA) is 52.6 Å². The van der Waals surface area contributed by atoms with Crippen LogP contribution in [0.15, 0.2) is 48.5 Å². The summed E-state index contributed by atoms with van der Waals surface area (Å²) in [4.78, 5) is 28.1. The summed E-state index contributed by atoms with van der Waals surface area (Å²) in [7, 11) is 4.34. The van der Waals surface area contributed by atoms with E-state index in [1.807, 2.05) is 36.4 Å². The third kappa shape index (κ3) is 7.52. The lowest BCUT2D eigenvalue weighted by Gasteiger charge is -2.31. The van der Waals surface area contributed by atoms with E-state index in [-0.39, 0.29) is 59.9 Å². The molecule has 0 spiro atoms. The molecule has 0 bridgehead atoms. The molecule has 224 valence electrons. The van der Waals surface area contributed by atoms with E-state index in [2.05, 4.69) is 53.9 Å². The predicted octanol–water partition coefficient (Wildman–Crippen LogP) is 0.502. The number of nitrogens with zero attached hydrogens (tertiary/aromatic N) is 2. The van der Waals surface area contributed by atoms with Gasteiger partial charge in [-0.2, -0.15) is 0 Å². The van der Waals surface area contributed by atoms with Crippen molar-refractivity contribution >= 4 is 55.6 Å². The molecular formula is C32H42I2N2O4S. The minimum Gasteiger partial charge on any atom is -1.00 e. The quantitative estimate of drug-likeness (QED) is 0.0908. The second kappa shape index (κ2) is 15.3. The van der Waals surface area contributed by atoms with Crippen molar-refractivity contribution in [2.24, 2.45) is 0 Å². The van der Waals surface area contributed by atoms with E-state index in [1.165, 1.54) is 11.3 Å². The highest BCUT2D eigenvalue weighted by atomic mass is 127. The summed E-state index contributed by atoms with van der Waals surface area (Å²) in [5, 5.41) is 5.53. The number of hydrogen-bond acceptors (Lipinski definition) is 5. The lowest BCUT2D eigenvalue weighted by Crippen LogP contribution is -3.00. The van der Waals surface area contributed by atoms with Crippen molar-refractivity contribution in [1.82, 2.24) is 0 Å². The minimum absolute atomic E-state index is 0. The third-order valence-electron chi connectivity index (χ3n) is 8.74. The summed E-state index contributed by atoms with van der Waals surface area (Å²) in [6.07, 6.45) is 0. The number of esters is 2. The number of likely N-dealkylation sites (N-methyl/N-ethyl adjacent to an activating group) is 2. The zero-order valence-electron chi connectivity index (χ0n) is 25.0. The van der Waals surface area contributed by atoms with Crippen LogP contribution >= 0.6 is 11.3 Å². The summed E-state index contributed by atoms with van der Waals surface area (Å²) in [6.45, 7) is 14.6. The standard InChI is InChI=1S/C32H42N2O4S.2HI/c1-7-33(5,8-2)19-21-37-31(35)29-27-25-17-13-11-15-23(25)24-16-12-14-18-26(24)28(27)30(39-29)32(36)38-22-20-34(6,9-3)10-4;;/h11-18H,7-10,19-22H2,1-6H3;2*1H/q+2;;/p-2. The SMILES string of the molecule is CC[N+](C)(CC)CCOC(=O)c1sc(C(=O)OCC[N+](C)(CC)CC)c2c3ccccc3c3ccccc3c12.[I-].[I-]. The van der Waals surface area contributed by atoms with Crippen molar-refractivity contribution in [1.29, 1.82) is 0 Å². The number of carbonyl (C=O) groups excluding carboxylic acids is 2. The lowest BCUT2D eigenvalue weighted by molar-refractivity contribution is -0.906. The number of thiophene rings is 1. The fraction of sp³-hybridized carbons (Fsp3) is 0.438. The summed E-state index contributed by atoms with van der Waals surface area (Å²) in [6, 6.07) is 16.1. The molecule has 4 aromatic rings. The number of fused-ring (bicyclic) bond motifs is 6. The van der Waals surface area contributed by atoms with Crippen LogP contribution in [0.25, 0.3) is 32.3 Å². The smallest absolute Gasteiger partial charge is 0.349 e. The average molecular weight is 805 g/mol. The van der Waals surface area contributed by atoms with Crippen LogP contribution in [-0.2, 0) is 9.47 Å². The van der Waals surface area contributed by atoms with Gasteiger partial charge >= 0.3 is 11.9 Å². The first-order valence-corrected chi connectivity index (χ1v) is 14.9. The van der Waals surface area contributed by atoms with Crippen molar-refractivity contribution in [3.8, 4) is 0 Å². The van der Waals surface area contributed by atoms with Crippen molar-refractivity contribution in [3.63, 3.8) is 0 Å². The first-order chi connectivity index (χ1) is 18.7. The highest BCUT2D eigenvalue weighted by Crippen LogP contribution is 2.43. The number of hydrogen-bond donors (Lipinski definition) is 0. The zero-order valence-corrected chi connectivity index (χ0v) is 30.1. The average Bonchev–Trinajstić information content (AvgIpc) is 3.38. The zero-order chi connectivity index (χ0) is 28.2. The number of ether oxygens (including phenoxy) is 2. The molecule has 0 N–H and O–H groups in total. The molecule has 0 aliphatic carbocycles. The molecule has 6 nitrogen and oxygen atoms in total. The summed E-state index contributed by atoms with van der Waals surface area (Å²) >= 11 is 1.20. The molecule has 4 rings (SSSR count). The summed E-state index contributed by atoms with van der Waals surface area (Å²) < 4.78 is 13.4. The van der Waals surface area contributed by atoms with Gasteiger partial charge in [-0.1, -0.05) is 48.5 Å². The summed E-state index contributed by atoms with van der Waals surface area (Å²) in [5.41, 5.74) is 0. The van der Waals surface area contributed by atoms with Crippen molar-refractivity contribution in [3.05, 3.63) is 58.3 Å². The highest BCUT2D eigenvalue weighted by molar-refractivity contribution is 7.18. The molecule has 0 atom stereocenters. The van der Waals surface area contributed by atoms with Crippen LogP contribution in [0.2, 0.25) is 0 Å². The highest BCUT2D eigenvalue weighted by Gasteiger charge is 2.28. The van der Waals surface area contributed by atoms with Gasteiger partial charge in [0, 0.05) is 10.8 Å². The van der Waals surface area contributed by atoms with Gasteiger partial charge in [0.2, 0.25) is 0 Å². The molecule has 0 fully saturated rings. The van der Waals surface area contributed by atoms with E-state index in [1.54, 1.807) is 0 Å².